The average Bonchev–Trinajstić information content (AvgIpc) is 2.76. The number of aliphatic hydroxyl groups excluding tert-OH is 1. The van der Waals surface area contributed by atoms with Crippen molar-refractivity contribution >= 4 is 5.91 Å². The van der Waals surface area contributed by atoms with E-state index in [0.717, 1.165) is 38.6 Å². The molecule has 0 aromatic heterocycles. The first-order chi connectivity index (χ1) is 9.95. The van der Waals surface area contributed by atoms with Gasteiger partial charge < -0.3 is 10.4 Å². The number of nitrogens with one attached hydrogen (secondary N) is 1. The molecule has 1 saturated heterocycles. The van der Waals surface area contributed by atoms with Crippen LogP contribution in [0.25, 0.3) is 0 Å². The zero-order valence-corrected chi connectivity index (χ0v) is 13.2. The highest BCUT2D eigenvalue weighted by atomic mass is 16.3. The van der Waals surface area contributed by atoms with Crippen molar-refractivity contribution < 1.29 is 9.90 Å². The van der Waals surface area contributed by atoms with E-state index in [1.807, 2.05) is 0 Å². The molecule has 3 aliphatic carbocycles. The molecule has 0 aromatic rings. The Labute approximate surface area is 127 Å². The third-order valence-electron chi connectivity index (χ3n) is 7.47. The van der Waals surface area contributed by atoms with Crippen LogP contribution in [0.2, 0.25) is 0 Å². The standard InChI is InChI=1S/C18H27NO2/c1-17-7-5-12(20)9-11(17)3-4-13-14(17)6-8-18(2)15(13)10-19-16(18)21/h3,12-15,20H,4-10H2,1-2H3,(H,19,21). The lowest BCUT2D eigenvalue weighted by atomic mass is 9.48. The molecule has 0 radical (unpaired) electrons. The SMILES string of the molecule is CC12CCC3C(CC=C4CC(O)CCC43C)C1CNC2=O. The minimum Gasteiger partial charge on any atom is -0.393 e. The first kappa shape index (κ1) is 13.8. The summed E-state index contributed by atoms with van der Waals surface area (Å²) >= 11 is 0. The molecular formula is C18H27NO2. The maximum absolute atomic E-state index is 12.3. The highest BCUT2D eigenvalue weighted by molar-refractivity contribution is 5.85. The topological polar surface area (TPSA) is 49.3 Å². The third-order valence-corrected chi connectivity index (χ3v) is 7.47. The van der Waals surface area contributed by atoms with Crippen molar-refractivity contribution in [3.63, 3.8) is 0 Å². The van der Waals surface area contributed by atoms with Gasteiger partial charge in [-0.05, 0) is 61.7 Å². The number of rotatable bonds is 0. The second-order valence-electron chi connectivity index (χ2n) is 8.32. The van der Waals surface area contributed by atoms with Gasteiger partial charge in [0, 0.05) is 6.54 Å². The van der Waals surface area contributed by atoms with Crippen molar-refractivity contribution in [2.45, 2.75) is 58.5 Å². The van der Waals surface area contributed by atoms with Gasteiger partial charge in [-0.3, -0.25) is 4.79 Å². The number of aliphatic hydroxyl groups is 1. The van der Waals surface area contributed by atoms with Crippen LogP contribution in [0.4, 0.5) is 0 Å². The number of hydrogen-bond donors (Lipinski definition) is 2. The second-order valence-corrected chi connectivity index (χ2v) is 8.32. The number of hydrogen-bond acceptors (Lipinski definition) is 2. The Morgan fingerprint density at radius 3 is 2.76 bits per heavy atom. The van der Waals surface area contributed by atoms with E-state index in [1.54, 1.807) is 0 Å². The van der Waals surface area contributed by atoms with Crippen molar-refractivity contribution in [3.8, 4) is 0 Å². The summed E-state index contributed by atoms with van der Waals surface area (Å²) in [6.45, 7) is 5.48. The van der Waals surface area contributed by atoms with Crippen LogP contribution in [0.15, 0.2) is 11.6 Å². The number of allylic oxidation sites excluding steroid dienone is 1. The molecular weight excluding hydrogens is 262 g/mol. The lowest BCUT2D eigenvalue weighted by Crippen LogP contribution is -2.51. The van der Waals surface area contributed by atoms with Crippen molar-refractivity contribution in [2.24, 2.45) is 28.6 Å². The number of amides is 1. The summed E-state index contributed by atoms with van der Waals surface area (Å²) < 4.78 is 0. The van der Waals surface area contributed by atoms with Gasteiger partial charge in [0.25, 0.3) is 0 Å². The molecule has 21 heavy (non-hydrogen) atoms. The van der Waals surface area contributed by atoms with E-state index in [9.17, 15) is 9.90 Å². The fraction of sp³-hybridized carbons (Fsp3) is 0.833. The first-order valence-corrected chi connectivity index (χ1v) is 8.61. The van der Waals surface area contributed by atoms with Gasteiger partial charge in [-0.25, -0.2) is 0 Å². The van der Waals surface area contributed by atoms with Crippen LogP contribution in [-0.2, 0) is 4.79 Å². The quantitative estimate of drug-likeness (QED) is 0.674. The van der Waals surface area contributed by atoms with Gasteiger partial charge >= 0.3 is 0 Å². The molecule has 4 rings (SSSR count). The summed E-state index contributed by atoms with van der Waals surface area (Å²) in [7, 11) is 0. The van der Waals surface area contributed by atoms with E-state index in [0.29, 0.717) is 17.8 Å². The Hall–Kier alpha value is -0.830. The summed E-state index contributed by atoms with van der Waals surface area (Å²) in [4.78, 5) is 12.3. The minimum absolute atomic E-state index is 0.128. The smallest absolute Gasteiger partial charge is 0.226 e. The molecule has 2 saturated carbocycles. The zero-order valence-electron chi connectivity index (χ0n) is 13.2. The van der Waals surface area contributed by atoms with Crippen molar-refractivity contribution in [3.05, 3.63) is 11.6 Å². The fourth-order valence-corrected chi connectivity index (χ4v) is 6.02. The van der Waals surface area contributed by atoms with E-state index >= 15 is 0 Å². The highest BCUT2D eigenvalue weighted by Crippen LogP contribution is 2.61. The molecule has 0 aromatic carbocycles. The highest BCUT2D eigenvalue weighted by Gasteiger charge is 2.58. The lowest BCUT2D eigenvalue weighted by Gasteiger charge is -2.56. The molecule has 4 aliphatic rings. The van der Waals surface area contributed by atoms with Crippen LogP contribution in [0.5, 0.6) is 0 Å². The summed E-state index contributed by atoms with van der Waals surface area (Å²) in [5.41, 5.74) is 1.65. The summed E-state index contributed by atoms with van der Waals surface area (Å²) in [5.74, 6) is 2.14. The van der Waals surface area contributed by atoms with Crippen molar-refractivity contribution in [1.82, 2.24) is 5.32 Å². The third kappa shape index (κ3) is 1.73. The minimum atomic E-state index is -0.135. The Kier molecular flexibility index (Phi) is 2.86. The van der Waals surface area contributed by atoms with Crippen LogP contribution in [0, 0.1) is 28.6 Å². The molecule has 1 heterocycles. The lowest BCUT2D eigenvalue weighted by molar-refractivity contribution is -0.133. The van der Waals surface area contributed by atoms with Gasteiger partial charge in [-0.1, -0.05) is 25.5 Å². The van der Waals surface area contributed by atoms with Crippen LogP contribution >= 0.6 is 0 Å². The van der Waals surface area contributed by atoms with Crippen molar-refractivity contribution in [1.29, 1.82) is 0 Å². The maximum Gasteiger partial charge on any atom is 0.226 e. The van der Waals surface area contributed by atoms with Crippen LogP contribution < -0.4 is 5.32 Å². The molecule has 3 fully saturated rings. The monoisotopic (exact) mass is 289 g/mol. The first-order valence-electron chi connectivity index (χ1n) is 8.61. The van der Waals surface area contributed by atoms with Crippen LogP contribution in [-0.4, -0.2) is 23.7 Å². The number of carbonyl (C=O) groups excluding carboxylic acids is 1. The van der Waals surface area contributed by atoms with Gasteiger partial charge in [-0.15, -0.1) is 0 Å². The van der Waals surface area contributed by atoms with Gasteiger partial charge in [0.2, 0.25) is 5.91 Å². The van der Waals surface area contributed by atoms with E-state index in [-0.39, 0.29) is 22.8 Å². The van der Waals surface area contributed by atoms with Gasteiger partial charge in [0.1, 0.15) is 0 Å². The number of carbonyl (C=O) groups is 1. The Bertz CT molecular complexity index is 513. The molecule has 2 N–H and O–H groups in total. The van der Waals surface area contributed by atoms with Crippen molar-refractivity contribution in [2.75, 3.05) is 6.54 Å². The summed E-state index contributed by atoms with van der Waals surface area (Å²) in [6.07, 6.45) is 8.53. The molecule has 0 bridgehead atoms. The Morgan fingerprint density at radius 1 is 1.19 bits per heavy atom. The molecule has 0 spiro atoms. The summed E-state index contributed by atoms with van der Waals surface area (Å²) in [5, 5.41) is 13.1. The predicted octanol–water partition coefficient (Wildman–Crippen LogP) is 2.65. The van der Waals surface area contributed by atoms with Gasteiger partial charge in [0.05, 0.1) is 11.5 Å². The van der Waals surface area contributed by atoms with E-state index < -0.39 is 0 Å². The average molecular weight is 289 g/mol. The predicted molar refractivity (Wildman–Crippen MR) is 81.5 cm³/mol. The van der Waals surface area contributed by atoms with Gasteiger partial charge in [-0.2, -0.15) is 0 Å². The molecule has 1 aliphatic heterocycles. The number of fused-ring (bicyclic) bond motifs is 5. The fourth-order valence-electron chi connectivity index (χ4n) is 6.02. The normalized spacial score (nSPS) is 52.3. The molecule has 6 unspecified atom stereocenters. The molecule has 116 valence electrons. The second kappa shape index (κ2) is 4.34. The van der Waals surface area contributed by atoms with E-state index in [1.165, 1.54) is 12.0 Å². The van der Waals surface area contributed by atoms with Gasteiger partial charge in [0.15, 0.2) is 0 Å². The molecule has 3 nitrogen and oxygen atoms in total. The molecule has 6 atom stereocenters. The van der Waals surface area contributed by atoms with Crippen LogP contribution in [0.3, 0.4) is 0 Å². The van der Waals surface area contributed by atoms with E-state index in [2.05, 4.69) is 25.2 Å². The largest absolute Gasteiger partial charge is 0.393 e. The Morgan fingerprint density at radius 2 is 1.95 bits per heavy atom. The zero-order chi connectivity index (χ0) is 14.8. The molecule has 3 heteroatoms. The van der Waals surface area contributed by atoms with E-state index in [4.69, 9.17) is 0 Å². The van der Waals surface area contributed by atoms with Crippen LogP contribution in [0.1, 0.15) is 52.4 Å². The molecule has 1 amide bonds. The maximum atomic E-state index is 12.3. The Balaban J connectivity index is 1.69. The summed E-state index contributed by atoms with van der Waals surface area (Å²) in [6, 6.07) is 0.